The molecule has 1 fully saturated rings. The van der Waals surface area contributed by atoms with Gasteiger partial charge in [0.15, 0.2) is 0 Å². The molecule has 2 aromatic rings. The topological polar surface area (TPSA) is 83.1 Å². The Hall–Kier alpha value is -2.89. The third-order valence-corrected chi connectivity index (χ3v) is 4.42. The number of nitrogens with one attached hydrogen (secondary N) is 3. The molecule has 1 heterocycles. The lowest BCUT2D eigenvalue weighted by atomic mass is 9.95. The van der Waals surface area contributed by atoms with Gasteiger partial charge in [0.25, 0.3) is 5.91 Å². The van der Waals surface area contributed by atoms with Gasteiger partial charge in [0.2, 0.25) is 5.91 Å². The molecule has 3 rings (SSSR count). The summed E-state index contributed by atoms with van der Waals surface area (Å²) in [7, 11) is 0. The molecule has 0 radical (unpaired) electrons. The number of pyridine rings is 1. The zero-order chi connectivity index (χ0) is 18.4. The summed E-state index contributed by atoms with van der Waals surface area (Å²) in [5.74, 6) is 0.372. The Morgan fingerprint density at radius 1 is 1.00 bits per heavy atom. The second kappa shape index (κ2) is 8.47. The lowest BCUT2D eigenvalue weighted by Crippen LogP contribution is -2.23. The number of benzene rings is 1. The molecule has 0 aliphatic heterocycles. The standard InChI is InChI=1S/C20H24N4O2/c1-14(25)22-17-8-5-9-18(13-17)24-20(26)15-10-11-21-19(12-15)23-16-6-3-2-4-7-16/h5,8-13,16H,2-4,6-7H2,1H3,(H,21,23)(H,22,25)(H,24,26). The molecule has 0 saturated heterocycles. The van der Waals surface area contributed by atoms with Crippen LogP contribution >= 0.6 is 0 Å². The monoisotopic (exact) mass is 352 g/mol. The molecule has 3 N–H and O–H groups in total. The minimum Gasteiger partial charge on any atom is -0.367 e. The molecule has 0 unspecified atom stereocenters. The van der Waals surface area contributed by atoms with Gasteiger partial charge in [-0.3, -0.25) is 9.59 Å². The van der Waals surface area contributed by atoms with Crippen LogP contribution in [-0.4, -0.2) is 22.8 Å². The van der Waals surface area contributed by atoms with E-state index in [0.29, 0.717) is 23.0 Å². The number of carbonyl (C=O) groups excluding carboxylic acids is 2. The van der Waals surface area contributed by atoms with Gasteiger partial charge in [-0.1, -0.05) is 25.3 Å². The average molecular weight is 352 g/mol. The fourth-order valence-corrected chi connectivity index (χ4v) is 3.19. The Balaban J connectivity index is 1.66. The number of carbonyl (C=O) groups is 2. The maximum atomic E-state index is 12.5. The second-order valence-corrected chi connectivity index (χ2v) is 6.63. The summed E-state index contributed by atoms with van der Waals surface area (Å²) >= 11 is 0. The van der Waals surface area contributed by atoms with E-state index in [4.69, 9.17) is 0 Å². The van der Waals surface area contributed by atoms with Crippen LogP contribution in [0.3, 0.4) is 0 Å². The van der Waals surface area contributed by atoms with Gasteiger partial charge in [-0.05, 0) is 43.2 Å². The van der Waals surface area contributed by atoms with Gasteiger partial charge in [-0.15, -0.1) is 0 Å². The number of amides is 2. The van der Waals surface area contributed by atoms with Crippen molar-refractivity contribution in [3.63, 3.8) is 0 Å². The smallest absolute Gasteiger partial charge is 0.255 e. The molecule has 1 aromatic carbocycles. The molecule has 1 aliphatic rings. The normalized spacial score (nSPS) is 14.5. The van der Waals surface area contributed by atoms with E-state index in [2.05, 4.69) is 20.9 Å². The van der Waals surface area contributed by atoms with Gasteiger partial charge >= 0.3 is 0 Å². The van der Waals surface area contributed by atoms with E-state index in [0.717, 1.165) is 18.7 Å². The molecule has 0 spiro atoms. The average Bonchev–Trinajstić information content (AvgIpc) is 2.62. The quantitative estimate of drug-likeness (QED) is 0.758. The highest BCUT2D eigenvalue weighted by molar-refractivity contribution is 6.05. The van der Waals surface area contributed by atoms with Crippen LogP contribution in [0.2, 0.25) is 0 Å². The molecule has 0 bridgehead atoms. The van der Waals surface area contributed by atoms with E-state index in [-0.39, 0.29) is 11.8 Å². The van der Waals surface area contributed by atoms with E-state index >= 15 is 0 Å². The van der Waals surface area contributed by atoms with Crippen molar-refractivity contribution in [1.29, 1.82) is 0 Å². The molecular weight excluding hydrogens is 328 g/mol. The molecule has 26 heavy (non-hydrogen) atoms. The van der Waals surface area contributed by atoms with Crippen LogP contribution < -0.4 is 16.0 Å². The van der Waals surface area contributed by atoms with Gasteiger partial charge in [-0.25, -0.2) is 4.98 Å². The van der Waals surface area contributed by atoms with Crippen LogP contribution in [0.4, 0.5) is 17.2 Å². The van der Waals surface area contributed by atoms with Crippen molar-refractivity contribution in [2.45, 2.75) is 45.1 Å². The first-order valence-electron chi connectivity index (χ1n) is 9.02. The number of aromatic nitrogens is 1. The maximum absolute atomic E-state index is 12.5. The lowest BCUT2D eigenvalue weighted by molar-refractivity contribution is -0.114. The Labute approximate surface area is 153 Å². The third-order valence-electron chi connectivity index (χ3n) is 4.42. The summed E-state index contributed by atoms with van der Waals surface area (Å²) in [5, 5.41) is 8.99. The summed E-state index contributed by atoms with van der Waals surface area (Å²) in [6.07, 6.45) is 7.71. The largest absolute Gasteiger partial charge is 0.367 e. The molecule has 1 aromatic heterocycles. The maximum Gasteiger partial charge on any atom is 0.255 e. The predicted octanol–water partition coefficient (Wildman–Crippen LogP) is 4.04. The first kappa shape index (κ1) is 17.9. The molecule has 1 aliphatic carbocycles. The highest BCUT2D eigenvalue weighted by Crippen LogP contribution is 2.21. The zero-order valence-corrected chi connectivity index (χ0v) is 14.9. The number of anilines is 3. The predicted molar refractivity (Wildman–Crippen MR) is 103 cm³/mol. The van der Waals surface area contributed by atoms with Crippen molar-refractivity contribution in [3.05, 3.63) is 48.2 Å². The second-order valence-electron chi connectivity index (χ2n) is 6.63. The van der Waals surface area contributed by atoms with E-state index in [1.54, 1.807) is 42.6 Å². The molecule has 0 atom stereocenters. The van der Waals surface area contributed by atoms with Crippen LogP contribution in [0.15, 0.2) is 42.6 Å². The lowest BCUT2D eigenvalue weighted by Gasteiger charge is -2.23. The van der Waals surface area contributed by atoms with E-state index in [1.165, 1.54) is 26.2 Å². The molecule has 1 saturated carbocycles. The van der Waals surface area contributed by atoms with E-state index in [1.807, 2.05) is 0 Å². The number of rotatable bonds is 5. The van der Waals surface area contributed by atoms with Gasteiger partial charge < -0.3 is 16.0 Å². The zero-order valence-electron chi connectivity index (χ0n) is 14.9. The summed E-state index contributed by atoms with van der Waals surface area (Å²) in [5.41, 5.74) is 1.81. The summed E-state index contributed by atoms with van der Waals surface area (Å²) in [4.78, 5) is 28.0. The van der Waals surface area contributed by atoms with Crippen LogP contribution in [-0.2, 0) is 4.79 Å². The SMILES string of the molecule is CC(=O)Nc1cccc(NC(=O)c2ccnc(NC3CCCCC3)c2)c1. The van der Waals surface area contributed by atoms with Gasteiger partial charge in [0.1, 0.15) is 5.82 Å². The van der Waals surface area contributed by atoms with Gasteiger partial charge in [-0.2, -0.15) is 0 Å². The van der Waals surface area contributed by atoms with Crippen molar-refractivity contribution >= 4 is 29.0 Å². The van der Waals surface area contributed by atoms with Crippen LogP contribution in [0.1, 0.15) is 49.4 Å². The summed E-state index contributed by atoms with van der Waals surface area (Å²) in [6, 6.07) is 11.0. The number of nitrogens with zero attached hydrogens (tertiary/aromatic N) is 1. The van der Waals surface area contributed by atoms with E-state index < -0.39 is 0 Å². The highest BCUT2D eigenvalue weighted by atomic mass is 16.2. The Morgan fingerprint density at radius 2 is 1.73 bits per heavy atom. The van der Waals surface area contributed by atoms with Crippen molar-refractivity contribution in [2.75, 3.05) is 16.0 Å². The highest BCUT2D eigenvalue weighted by Gasteiger charge is 2.14. The minimum absolute atomic E-state index is 0.152. The molecule has 136 valence electrons. The molecule has 2 amide bonds. The van der Waals surface area contributed by atoms with E-state index in [9.17, 15) is 9.59 Å². The molecule has 6 heteroatoms. The third kappa shape index (κ3) is 5.05. The molecular formula is C20H24N4O2. The Bertz CT molecular complexity index is 785. The Morgan fingerprint density at radius 3 is 2.46 bits per heavy atom. The summed E-state index contributed by atoms with van der Waals surface area (Å²) in [6.45, 7) is 1.45. The number of hydrogen-bond acceptors (Lipinski definition) is 4. The van der Waals surface area contributed by atoms with Crippen LogP contribution in [0, 0.1) is 0 Å². The van der Waals surface area contributed by atoms with Gasteiger partial charge in [0.05, 0.1) is 0 Å². The first-order valence-corrected chi connectivity index (χ1v) is 9.02. The van der Waals surface area contributed by atoms with Crippen molar-refractivity contribution < 1.29 is 9.59 Å². The van der Waals surface area contributed by atoms with Crippen molar-refractivity contribution in [1.82, 2.24) is 4.98 Å². The fraction of sp³-hybridized carbons (Fsp3) is 0.350. The first-order chi connectivity index (χ1) is 12.6. The fourth-order valence-electron chi connectivity index (χ4n) is 3.19. The molecule has 6 nitrogen and oxygen atoms in total. The van der Waals surface area contributed by atoms with Crippen LogP contribution in [0.25, 0.3) is 0 Å². The Kier molecular flexibility index (Phi) is 5.84. The van der Waals surface area contributed by atoms with Crippen LogP contribution in [0.5, 0.6) is 0 Å². The number of hydrogen-bond donors (Lipinski definition) is 3. The van der Waals surface area contributed by atoms with Crippen molar-refractivity contribution in [3.8, 4) is 0 Å². The summed E-state index contributed by atoms with van der Waals surface area (Å²) < 4.78 is 0. The van der Waals surface area contributed by atoms with Gasteiger partial charge in [0, 0.05) is 36.1 Å². The van der Waals surface area contributed by atoms with Crippen molar-refractivity contribution in [2.24, 2.45) is 0 Å². The minimum atomic E-state index is -0.209.